The number of nitrogens with zero attached hydrogens (tertiary/aromatic N) is 4. The van der Waals surface area contributed by atoms with Crippen molar-refractivity contribution in [3.05, 3.63) is 59.7 Å². The molecule has 2 N–H and O–H groups in total. The molecule has 1 aromatic carbocycles. The van der Waals surface area contributed by atoms with E-state index >= 15 is 0 Å². The summed E-state index contributed by atoms with van der Waals surface area (Å²) in [5.74, 6) is -0.625. The number of alkyl halides is 2. The third-order valence-corrected chi connectivity index (χ3v) is 9.97. The Morgan fingerprint density at radius 3 is 2.73 bits per heavy atom. The summed E-state index contributed by atoms with van der Waals surface area (Å²) in [6.07, 6.45) is 8.91. The summed E-state index contributed by atoms with van der Waals surface area (Å²) in [5.41, 5.74) is 1.45. The van der Waals surface area contributed by atoms with Crippen LogP contribution in [0, 0.1) is 12.3 Å². The van der Waals surface area contributed by atoms with Gasteiger partial charge in [0.2, 0.25) is 5.91 Å². The van der Waals surface area contributed by atoms with Crippen LogP contribution in [-0.4, -0.2) is 62.7 Å². The third kappa shape index (κ3) is 4.89. The van der Waals surface area contributed by atoms with E-state index in [1.165, 1.54) is 25.3 Å². The van der Waals surface area contributed by atoms with Crippen LogP contribution in [-0.2, 0) is 4.79 Å². The first kappa shape index (κ1) is 27.5. The predicted molar refractivity (Wildman–Crippen MR) is 152 cm³/mol. The van der Waals surface area contributed by atoms with Crippen molar-refractivity contribution in [2.45, 2.75) is 108 Å². The second kappa shape index (κ2) is 10.6. The van der Waals surface area contributed by atoms with Crippen LogP contribution in [0.1, 0.15) is 95.4 Å². The minimum atomic E-state index is -2.85. The zero-order chi connectivity index (χ0) is 28.1. The highest BCUT2D eigenvalue weighted by molar-refractivity contribution is 5.82. The van der Waals surface area contributed by atoms with Gasteiger partial charge in [0, 0.05) is 43.9 Å². The number of aryl methyl sites for hydroxylation is 1. The summed E-state index contributed by atoms with van der Waals surface area (Å²) in [6, 6.07) is 10.8. The van der Waals surface area contributed by atoms with Crippen LogP contribution in [0.3, 0.4) is 0 Å². The largest absolute Gasteiger partial charge is 0.348 e. The van der Waals surface area contributed by atoms with Gasteiger partial charge in [-0.2, -0.15) is 0 Å². The first-order chi connectivity index (χ1) is 19.2. The Morgan fingerprint density at radius 2 is 2.00 bits per heavy atom. The molecule has 7 nitrogen and oxygen atoms in total. The lowest BCUT2D eigenvalue weighted by Crippen LogP contribution is -2.74. The Morgan fingerprint density at radius 1 is 1.20 bits per heavy atom. The van der Waals surface area contributed by atoms with E-state index in [2.05, 4.69) is 51.1 Å². The summed E-state index contributed by atoms with van der Waals surface area (Å²) in [5, 5.41) is 14.9. The second-order valence-electron chi connectivity index (χ2n) is 12.7. The number of piperidine rings is 1. The van der Waals surface area contributed by atoms with Gasteiger partial charge in [-0.25, -0.2) is 8.78 Å². The van der Waals surface area contributed by atoms with E-state index in [0.717, 1.165) is 36.6 Å². The molecule has 6 rings (SSSR count). The van der Waals surface area contributed by atoms with E-state index in [9.17, 15) is 13.6 Å². The standard InChI is InChI=1S/C31H42F2N6O.H2/c1-20(2)28-37-36-21(3)39(28)23-17-27-30(18-23)15-12-26(30)38(27)16-13-24(22-9-5-4-6-10-22)35-29(40)25-11-7-8-14-31(32,33)19-34-25;/h4-10,20,23-27,34H,11-19H2,1-3H3,(H,35,40);1H/t23-,24+,25+,26+,27?,30?;/m1./s1. The summed E-state index contributed by atoms with van der Waals surface area (Å²) in [7, 11) is 0. The van der Waals surface area contributed by atoms with Crippen LogP contribution in [0.2, 0.25) is 0 Å². The molecule has 1 aromatic heterocycles. The normalized spacial score (nSPS) is 31.9. The fourth-order valence-corrected chi connectivity index (χ4v) is 7.93. The molecule has 0 radical (unpaired) electrons. The zero-order valence-electron chi connectivity index (χ0n) is 23.8. The summed E-state index contributed by atoms with van der Waals surface area (Å²) in [6.45, 7) is 6.86. The molecule has 40 heavy (non-hydrogen) atoms. The number of carbonyl (C=O) groups is 1. The Bertz CT molecular complexity index is 1250. The second-order valence-corrected chi connectivity index (χ2v) is 12.7. The highest BCUT2D eigenvalue weighted by atomic mass is 19.3. The van der Waals surface area contributed by atoms with Gasteiger partial charge < -0.3 is 9.88 Å². The van der Waals surface area contributed by atoms with Gasteiger partial charge in [0.25, 0.3) is 5.92 Å². The van der Waals surface area contributed by atoms with Crippen LogP contribution in [0.25, 0.3) is 0 Å². The Labute approximate surface area is 237 Å². The zero-order valence-corrected chi connectivity index (χ0v) is 23.8. The molecule has 1 saturated heterocycles. The lowest BCUT2D eigenvalue weighted by molar-refractivity contribution is -0.188. The molecule has 1 amide bonds. The van der Waals surface area contributed by atoms with Crippen LogP contribution in [0.4, 0.5) is 8.78 Å². The molecule has 3 heterocycles. The monoisotopic (exact) mass is 554 g/mol. The SMILES string of the molecule is Cc1nnc(C(C)C)n1[C@@H]1CC2N(CC[C@H](NC(=O)[C@@H]3CC=CCC(F)(F)CN3)c3ccccc3)[C@H]3CCC23C1.[HH]. The number of likely N-dealkylation sites (tertiary alicyclic amines) is 1. The van der Waals surface area contributed by atoms with Gasteiger partial charge in [0.15, 0.2) is 0 Å². The quantitative estimate of drug-likeness (QED) is 0.433. The molecule has 218 valence electrons. The highest BCUT2D eigenvalue weighted by Gasteiger charge is 2.69. The molecular formula is C31H44F2N6O. The third-order valence-electron chi connectivity index (χ3n) is 9.97. The van der Waals surface area contributed by atoms with Gasteiger partial charge in [-0.15, -0.1) is 10.2 Å². The lowest BCUT2D eigenvalue weighted by Gasteiger charge is -2.68. The number of aromatic nitrogens is 3. The number of amides is 1. The maximum Gasteiger partial charge on any atom is 0.263 e. The van der Waals surface area contributed by atoms with E-state index in [4.69, 9.17) is 0 Å². The molecule has 2 aromatic rings. The van der Waals surface area contributed by atoms with Crippen LogP contribution in [0.5, 0.6) is 0 Å². The Balaban J connectivity index is 0.00000337. The Hall–Kier alpha value is -2.65. The first-order valence-corrected chi connectivity index (χ1v) is 15.0. The summed E-state index contributed by atoms with van der Waals surface area (Å²) in [4.78, 5) is 16.0. The van der Waals surface area contributed by atoms with Crippen molar-refractivity contribution in [3.8, 4) is 0 Å². The fraction of sp³-hybridized carbons (Fsp3) is 0.645. The van der Waals surface area contributed by atoms with Gasteiger partial charge in [-0.3, -0.25) is 15.0 Å². The number of nitrogens with one attached hydrogen (secondary N) is 2. The molecule has 0 bridgehead atoms. The van der Waals surface area contributed by atoms with Crippen molar-refractivity contribution in [2.24, 2.45) is 5.41 Å². The van der Waals surface area contributed by atoms with Crippen molar-refractivity contribution in [1.29, 1.82) is 0 Å². The smallest absolute Gasteiger partial charge is 0.263 e. The van der Waals surface area contributed by atoms with E-state index in [1.807, 2.05) is 30.3 Å². The van der Waals surface area contributed by atoms with Crippen molar-refractivity contribution >= 4 is 5.91 Å². The van der Waals surface area contributed by atoms with E-state index in [-0.39, 0.29) is 19.8 Å². The molecular weight excluding hydrogens is 510 g/mol. The van der Waals surface area contributed by atoms with Crippen LogP contribution in [0.15, 0.2) is 42.5 Å². The molecule has 3 fully saturated rings. The molecule has 1 spiro atoms. The number of rotatable bonds is 8. The van der Waals surface area contributed by atoms with Gasteiger partial charge in [-0.1, -0.05) is 56.3 Å². The van der Waals surface area contributed by atoms with E-state index in [1.54, 1.807) is 6.08 Å². The number of hydrogen-bond donors (Lipinski definition) is 2. The maximum absolute atomic E-state index is 14.0. The molecule has 9 heteroatoms. The predicted octanol–water partition coefficient (Wildman–Crippen LogP) is 5.31. The van der Waals surface area contributed by atoms with E-state index < -0.39 is 18.5 Å². The minimum absolute atomic E-state index is 0. The minimum Gasteiger partial charge on any atom is -0.348 e. The summed E-state index contributed by atoms with van der Waals surface area (Å²) < 4.78 is 30.4. The molecule has 2 unspecified atom stereocenters. The van der Waals surface area contributed by atoms with Crippen LogP contribution >= 0.6 is 0 Å². The van der Waals surface area contributed by atoms with Crippen molar-refractivity contribution in [1.82, 2.24) is 30.3 Å². The van der Waals surface area contributed by atoms with Gasteiger partial charge in [0.1, 0.15) is 11.6 Å². The van der Waals surface area contributed by atoms with Crippen molar-refractivity contribution < 1.29 is 15.0 Å². The fourth-order valence-electron chi connectivity index (χ4n) is 7.93. The number of allylic oxidation sites excluding steroid dienone is 1. The summed E-state index contributed by atoms with van der Waals surface area (Å²) >= 11 is 0. The molecule has 2 aliphatic carbocycles. The number of benzene rings is 1. The van der Waals surface area contributed by atoms with Gasteiger partial charge in [0.05, 0.1) is 18.6 Å². The van der Waals surface area contributed by atoms with Crippen molar-refractivity contribution in [3.63, 3.8) is 0 Å². The number of carbonyl (C=O) groups excluding carboxylic acids is 1. The molecule has 6 atom stereocenters. The van der Waals surface area contributed by atoms with Gasteiger partial charge >= 0.3 is 0 Å². The molecule has 2 saturated carbocycles. The molecule has 4 aliphatic rings. The Kier molecular flexibility index (Phi) is 7.32. The van der Waals surface area contributed by atoms with Gasteiger partial charge in [-0.05, 0) is 51.0 Å². The maximum atomic E-state index is 14.0. The average molecular weight is 555 g/mol. The van der Waals surface area contributed by atoms with Crippen LogP contribution < -0.4 is 10.6 Å². The number of hydrogen-bond acceptors (Lipinski definition) is 5. The van der Waals surface area contributed by atoms with E-state index in [0.29, 0.717) is 35.9 Å². The van der Waals surface area contributed by atoms with Crippen molar-refractivity contribution in [2.75, 3.05) is 13.1 Å². The molecule has 2 aliphatic heterocycles. The highest BCUT2D eigenvalue weighted by Crippen LogP contribution is 2.67. The topological polar surface area (TPSA) is 75.1 Å². The number of halogens is 2. The first-order valence-electron chi connectivity index (χ1n) is 15.0. The lowest BCUT2D eigenvalue weighted by atomic mass is 9.53. The average Bonchev–Trinajstić information content (AvgIpc) is 3.49.